The van der Waals surface area contributed by atoms with E-state index in [1.54, 1.807) is 0 Å². The molecular weight excluding hydrogens is 224 g/mol. The molecule has 1 rings (SSSR count). The third-order valence-electron chi connectivity index (χ3n) is 3.05. The topological polar surface area (TPSA) is 13.0 Å². The van der Waals surface area contributed by atoms with E-state index in [1.807, 2.05) is 12.2 Å². The van der Waals surface area contributed by atoms with Gasteiger partial charge in [-0.15, -0.1) is 13.2 Å². The maximum absolute atomic E-state index is 3.83. The van der Waals surface area contributed by atoms with E-state index < -0.39 is 0 Å². The molecule has 0 amide bonds. The SMILES string of the molecule is C=CCN1CN(CC=C)CN(CCCN(C)C)C1. The highest BCUT2D eigenvalue weighted by Gasteiger charge is 2.21. The second-order valence-electron chi connectivity index (χ2n) is 5.26. The summed E-state index contributed by atoms with van der Waals surface area (Å²) in [7, 11) is 4.26. The highest BCUT2D eigenvalue weighted by Crippen LogP contribution is 2.08. The fourth-order valence-corrected chi connectivity index (χ4v) is 2.33. The van der Waals surface area contributed by atoms with Crippen molar-refractivity contribution >= 4 is 0 Å². The molecule has 0 spiro atoms. The van der Waals surface area contributed by atoms with Gasteiger partial charge in [0.2, 0.25) is 0 Å². The molecule has 0 aromatic rings. The van der Waals surface area contributed by atoms with Gasteiger partial charge in [-0.05, 0) is 27.1 Å². The van der Waals surface area contributed by atoms with Gasteiger partial charge in [-0.25, -0.2) is 0 Å². The normalized spacial score (nSPS) is 19.3. The van der Waals surface area contributed by atoms with Crippen LogP contribution in [0.15, 0.2) is 25.3 Å². The van der Waals surface area contributed by atoms with Gasteiger partial charge in [0, 0.05) is 19.6 Å². The summed E-state index contributed by atoms with van der Waals surface area (Å²) < 4.78 is 0. The van der Waals surface area contributed by atoms with Crippen molar-refractivity contribution in [3.63, 3.8) is 0 Å². The van der Waals surface area contributed by atoms with E-state index in [4.69, 9.17) is 0 Å². The molecule has 1 aliphatic rings. The monoisotopic (exact) mass is 252 g/mol. The van der Waals surface area contributed by atoms with Gasteiger partial charge >= 0.3 is 0 Å². The standard InChI is InChI=1S/C14H28N4/c1-5-8-16-12-17(9-6-2)14-18(13-16)11-7-10-15(3)4/h5-6H,1-2,7-14H2,3-4H3. The quantitative estimate of drug-likeness (QED) is 0.600. The second kappa shape index (κ2) is 8.43. The van der Waals surface area contributed by atoms with Gasteiger partial charge in [0.25, 0.3) is 0 Å². The summed E-state index contributed by atoms with van der Waals surface area (Å²) in [5.74, 6) is 0. The van der Waals surface area contributed by atoms with E-state index in [2.05, 4.69) is 46.9 Å². The average Bonchev–Trinajstić information content (AvgIpc) is 2.29. The molecule has 0 aromatic carbocycles. The fraction of sp³-hybridized carbons (Fsp3) is 0.714. The lowest BCUT2D eigenvalue weighted by Crippen LogP contribution is -2.55. The predicted molar refractivity (Wildman–Crippen MR) is 78.3 cm³/mol. The number of rotatable bonds is 8. The molecule has 1 saturated heterocycles. The summed E-state index contributed by atoms with van der Waals surface area (Å²) in [6.45, 7) is 15.0. The zero-order chi connectivity index (χ0) is 13.4. The maximum Gasteiger partial charge on any atom is 0.0536 e. The lowest BCUT2D eigenvalue weighted by Gasteiger charge is -2.41. The van der Waals surface area contributed by atoms with E-state index in [1.165, 1.54) is 6.42 Å². The summed E-state index contributed by atoms with van der Waals surface area (Å²) in [4.78, 5) is 9.57. The molecule has 0 saturated carbocycles. The summed E-state index contributed by atoms with van der Waals surface area (Å²) in [5, 5.41) is 0. The Morgan fingerprint density at radius 2 is 1.44 bits per heavy atom. The van der Waals surface area contributed by atoms with Crippen LogP contribution in [0.25, 0.3) is 0 Å². The van der Waals surface area contributed by atoms with Gasteiger partial charge in [0.05, 0.1) is 20.0 Å². The molecule has 0 aliphatic carbocycles. The summed E-state index contributed by atoms with van der Waals surface area (Å²) in [6, 6.07) is 0. The van der Waals surface area contributed by atoms with Crippen LogP contribution >= 0.6 is 0 Å². The van der Waals surface area contributed by atoms with Crippen molar-refractivity contribution in [1.29, 1.82) is 0 Å². The molecule has 0 atom stereocenters. The Labute approximate surface area is 112 Å². The molecule has 4 heteroatoms. The van der Waals surface area contributed by atoms with E-state index in [-0.39, 0.29) is 0 Å². The molecule has 0 N–H and O–H groups in total. The van der Waals surface area contributed by atoms with Crippen LogP contribution in [0.5, 0.6) is 0 Å². The van der Waals surface area contributed by atoms with Gasteiger partial charge in [-0.2, -0.15) is 0 Å². The molecule has 1 fully saturated rings. The number of nitrogens with zero attached hydrogens (tertiary/aromatic N) is 4. The Kier molecular flexibility index (Phi) is 7.20. The summed E-state index contributed by atoms with van der Waals surface area (Å²) in [5.41, 5.74) is 0. The Balaban J connectivity index is 2.39. The van der Waals surface area contributed by atoms with Crippen molar-refractivity contribution in [2.24, 2.45) is 0 Å². The Morgan fingerprint density at radius 3 is 1.89 bits per heavy atom. The zero-order valence-corrected chi connectivity index (χ0v) is 12.0. The summed E-state index contributed by atoms with van der Waals surface area (Å²) in [6.07, 6.45) is 5.18. The van der Waals surface area contributed by atoms with E-state index >= 15 is 0 Å². The largest absolute Gasteiger partial charge is 0.309 e. The smallest absolute Gasteiger partial charge is 0.0536 e. The van der Waals surface area contributed by atoms with Crippen molar-refractivity contribution < 1.29 is 0 Å². The lowest BCUT2D eigenvalue weighted by molar-refractivity contribution is -0.0185. The predicted octanol–water partition coefficient (Wildman–Crippen LogP) is 1.10. The van der Waals surface area contributed by atoms with Gasteiger partial charge < -0.3 is 4.90 Å². The highest BCUT2D eigenvalue weighted by atomic mass is 15.5. The minimum atomic E-state index is 0.956. The van der Waals surface area contributed by atoms with Gasteiger partial charge in [0.1, 0.15) is 0 Å². The maximum atomic E-state index is 3.83. The molecule has 0 radical (unpaired) electrons. The first kappa shape index (κ1) is 15.4. The van der Waals surface area contributed by atoms with Crippen LogP contribution in [0.1, 0.15) is 6.42 Å². The Morgan fingerprint density at radius 1 is 0.944 bits per heavy atom. The van der Waals surface area contributed by atoms with Crippen molar-refractivity contribution in [3.05, 3.63) is 25.3 Å². The molecular formula is C14H28N4. The molecule has 0 bridgehead atoms. The highest BCUT2D eigenvalue weighted by molar-refractivity contribution is 4.80. The fourth-order valence-electron chi connectivity index (χ4n) is 2.33. The minimum absolute atomic E-state index is 0.956. The second-order valence-corrected chi connectivity index (χ2v) is 5.26. The van der Waals surface area contributed by atoms with Crippen LogP contribution in [0.3, 0.4) is 0 Å². The molecule has 0 aromatic heterocycles. The minimum Gasteiger partial charge on any atom is -0.309 e. The molecule has 0 unspecified atom stereocenters. The molecule has 1 aliphatic heterocycles. The van der Waals surface area contributed by atoms with Crippen molar-refractivity contribution in [3.8, 4) is 0 Å². The van der Waals surface area contributed by atoms with Crippen LogP contribution in [0.2, 0.25) is 0 Å². The first-order valence-electron chi connectivity index (χ1n) is 6.69. The first-order valence-corrected chi connectivity index (χ1v) is 6.69. The Bertz CT molecular complexity index is 234. The Hall–Kier alpha value is -0.680. The van der Waals surface area contributed by atoms with Gasteiger partial charge in [-0.1, -0.05) is 12.2 Å². The molecule has 18 heavy (non-hydrogen) atoms. The van der Waals surface area contributed by atoms with E-state index in [9.17, 15) is 0 Å². The average molecular weight is 252 g/mol. The third-order valence-corrected chi connectivity index (χ3v) is 3.05. The number of hydrogen-bond acceptors (Lipinski definition) is 4. The van der Waals surface area contributed by atoms with Crippen LogP contribution < -0.4 is 0 Å². The molecule has 104 valence electrons. The zero-order valence-electron chi connectivity index (χ0n) is 12.0. The first-order chi connectivity index (χ1) is 8.65. The molecule has 1 heterocycles. The van der Waals surface area contributed by atoms with Crippen LogP contribution in [0, 0.1) is 0 Å². The van der Waals surface area contributed by atoms with Crippen LogP contribution in [-0.4, -0.2) is 79.9 Å². The van der Waals surface area contributed by atoms with Gasteiger partial charge in [0.15, 0.2) is 0 Å². The lowest BCUT2D eigenvalue weighted by atomic mass is 10.3. The van der Waals surface area contributed by atoms with Crippen LogP contribution in [-0.2, 0) is 0 Å². The van der Waals surface area contributed by atoms with E-state index in [0.29, 0.717) is 0 Å². The van der Waals surface area contributed by atoms with Crippen molar-refractivity contribution in [2.45, 2.75) is 6.42 Å². The number of hydrogen-bond donors (Lipinski definition) is 0. The van der Waals surface area contributed by atoms with Crippen LogP contribution in [0.4, 0.5) is 0 Å². The van der Waals surface area contributed by atoms with E-state index in [0.717, 1.165) is 46.2 Å². The van der Waals surface area contributed by atoms with Crippen molar-refractivity contribution in [1.82, 2.24) is 19.6 Å². The van der Waals surface area contributed by atoms with Gasteiger partial charge in [-0.3, -0.25) is 14.7 Å². The van der Waals surface area contributed by atoms with Crippen molar-refractivity contribution in [2.75, 3.05) is 60.3 Å². The third kappa shape index (κ3) is 5.78. The summed E-state index contributed by atoms with van der Waals surface area (Å²) >= 11 is 0. The molecule has 4 nitrogen and oxygen atoms in total.